The van der Waals surface area contributed by atoms with Crippen molar-refractivity contribution in [3.63, 3.8) is 0 Å². The summed E-state index contributed by atoms with van der Waals surface area (Å²) in [6.07, 6.45) is 0. The summed E-state index contributed by atoms with van der Waals surface area (Å²) in [6.45, 7) is 12.1. The molecule has 16 heavy (non-hydrogen) atoms. The molecule has 0 spiro atoms. The summed E-state index contributed by atoms with van der Waals surface area (Å²) in [5.41, 5.74) is 3.46. The molecule has 0 fully saturated rings. The summed E-state index contributed by atoms with van der Waals surface area (Å²) >= 11 is 0. The smallest absolute Gasteiger partial charge is 0.0705 e. The second kappa shape index (κ2) is 7.86. The number of nitrogens with zero attached hydrogens (tertiary/aromatic N) is 1. The SMILES string of the molecule is CC.CC.Cc1cc2ccccc2nc1C. The molecule has 0 radical (unpaired) electrons. The Morgan fingerprint density at radius 1 is 0.875 bits per heavy atom. The van der Waals surface area contributed by atoms with E-state index in [0.29, 0.717) is 0 Å². The van der Waals surface area contributed by atoms with E-state index in [2.05, 4.69) is 24.0 Å². The number of aromatic nitrogens is 1. The first kappa shape index (κ1) is 14.6. The van der Waals surface area contributed by atoms with Gasteiger partial charge in [0.05, 0.1) is 5.52 Å². The molecule has 0 N–H and O–H groups in total. The second-order valence-corrected chi connectivity index (χ2v) is 3.08. The van der Waals surface area contributed by atoms with Crippen LogP contribution in [-0.2, 0) is 0 Å². The molecule has 1 nitrogen and oxygen atoms in total. The van der Waals surface area contributed by atoms with Gasteiger partial charge in [-0.15, -0.1) is 0 Å². The Labute approximate surface area is 99.5 Å². The van der Waals surface area contributed by atoms with Crippen molar-refractivity contribution in [2.24, 2.45) is 0 Å². The Kier molecular flexibility index (Phi) is 7.19. The molecule has 0 bridgehead atoms. The number of pyridine rings is 1. The third-order valence-electron chi connectivity index (χ3n) is 2.17. The molecule has 88 valence electrons. The average Bonchev–Trinajstić information content (AvgIpc) is 2.36. The highest BCUT2D eigenvalue weighted by atomic mass is 14.7. The minimum absolute atomic E-state index is 1.08. The summed E-state index contributed by atoms with van der Waals surface area (Å²) in [7, 11) is 0. The molecule has 2 rings (SSSR count). The number of hydrogen-bond donors (Lipinski definition) is 0. The highest BCUT2D eigenvalue weighted by Crippen LogP contribution is 2.14. The minimum Gasteiger partial charge on any atom is -0.253 e. The predicted molar refractivity (Wildman–Crippen MR) is 73.9 cm³/mol. The fourth-order valence-corrected chi connectivity index (χ4v) is 1.32. The van der Waals surface area contributed by atoms with Crippen LogP contribution in [-0.4, -0.2) is 4.98 Å². The van der Waals surface area contributed by atoms with Crippen molar-refractivity contribution >= 4 is 10.9 Å². The summed E-state index contributed by atoms with van der Waals surface area (Å²) in [5.74, 6) is 0. The van der Waals surface area contributed by atoms with Gasteiger partial charge in [-0.25, -0.2) is 0 Å². The van der Waals surface area contributed by atoms with Crippen molar-refractivity contribution in [1.82, 2.24) is 4.98 Å². The van der Waals surface area contributed by atoms with Crippen LogP contribution in [0.5, 0.6) is 0 Å². The van der Waals surface area contributed by atoms with E-state index in [1.807, 2.05) is 52.8 Å². The molecule has 0 aliphatic rings. The van der Waals surface area contributed by atoms with Crippen LogP contribution in [0, 0.1) is 13.8 Å². The van der Waals surface area contributed by atoms with Crippen molar-refractivity contribution in [2.45, 2.75) is 41.5 Å². The third kappa shape index (κ3) is 3.65. The van der Waals surface area contributed by atoms with Gasteiger partial charge in [0.15, 0.2) is 0 Å². The zero-order valence-electron chi connectivity index (χ0n) is 11.3. The number of aryl methyl sites for hydroxylation is 2. The summed E-state index contributed by atoms with van der Waals surface area (Å²) in [4.78, 5) is 4.48. The molecule has 1 heteroatoms. The van der Waals surface area contributed by atoms with Gasteiger partial charge in [-0.05, 0) is 31.5 Å². The van der Waals surface area contributed by atoms with E-state index in [-0.39, 0.29) is 0 Å². The van der Waals surface area contributed by atoms with Gasteiger partial charge < -0.3 is 0 Å². The van der Waals surface area contributed by atoms with Crippen LogP contribution in [0.15, 0.2) is 30.3 Å². The summed E-state index contributed by atoms with van der Waals surface area (Å²) in [5, 5.41) is 1.22. The van der Waals surface area contributed by atoms with Crippen molar-refractivity contribution < 1.29 is 0 Å². The zero-order valence-corrected chi connectivity index (χ0v) is 11.3. The van der Waals surface area contributed by atoms with Crippen LogP contribution in [0.1, 0.15) is 39.0 Å². The summed E-state index contributed by atoms with van der Waals surface area (Å²) < 4.78 is 0. The van der Waals surface area contributed by atoms with Gasteiger partial charge in [-0.3, -0.25) is 4.98 Å². The maximum Gasteiger partial charge on any atom is 0.0705 e. The first-order chi connectivity index (χ1) is 7.77. The molecule has 1 heterocycles. The Morgan fingerprint density at radius 3 is 2.06 bits per heavy atom. The number of para-hydroxylation sites is 1. The number of hydrogen-bond acceptors (Lipinski definition) is 1. The minimum atomic E-state index is 1.08. The Bertz CT molecular complexity index is 378. The molecule has 0 atom stereocenters. The fourth-order valence-electron chi connectivity index (χ4n) is 1.32. The molecule has 0 saturated heterocycles. The first-order valence-corrected chi connectivity index (χ1v) is 6.10. The van der Waals surface area contributed by atoms with E-state index in [9.17, 15) is 0 Å². The topological polar surface area (TPSA) is 12.9 Å². The highest BCUT2D eigenvalue weighted by molar-refractivity contribution is 5.79. The maximum atomic E-state index is 4.48. The van der Waals surface area contributed by atoms with Crippen LogP contribution in [0.2, 0.25) is 0 Å². The van der Waals surface area contributed by atoms with Gasteiger partial charge in [-0.2, -0.15) is 0 Å². The highest BCUT2D eigenvalue weighted by Gasteiger charge is 1.96. The van der Waals surface area contributed by atoms with Crippen molar-refractivity contribution in [3.05, 3.63) is 41.6 Å². The number of fused-ring (bicyclic) bond motifs is 1. The van der Waals surface area contributed by atoms with E-state index in [4.69, 9.17) is 0 Å². The Morgan fingerprint density at radius 2 is 1.44 bits per heavy atom. The zero-order chi connectivity index (χ0) is 12.6. The van der Waals surface area contributed by atoms with E-state index in [0.717, 1.165) is 11.2 Å². The largest absolute Gasteiger partial charge is 0.253 e. The first-order valence-electron chi connectivity index (χ1n) is 6.10. The quantitative estimate of drug-likeness (QED) is 0.611. The molecular formula is C15H23N. The van der Waals surface area contributed by atoms with Crippen molar-refractivity contribution in [1.29, 1.82) is 0 Å². The van der Waals surface area contributed by atoms with E-state index in [1.54, 1.807) is 0 Å². The lowest BCUT2D eigenvalue weighted by molar-refractivity contribution is 1.20. The Hall–Kier alpha value is -1.37. The average molecular weight is 217 g/mol. The van der Waals surface area contributed by atoms with Gasteiger partial charge in [0, 0.05) is 11.1 Å². The predicted octanol–water partition coefficient (Wildman–Crippen LogP) is 4.90. The molecule has 1 aromatic heterocycles. The van der Waals surface area contributed by atoms with Gasteiger partial charge in [-0.1, -0.05) is 45.9 Å². The van der Waals surface area contributed by atoms with Crippen LogP contribution < -0.4 is 0 Å². The van der Waals surface area contributed by atoms with Gasteiger partial charge in [0.25, 0.3) is 0 Å². The number of benzene rings is 1. The van der Waals surface area contributed by atoms with Crippen LogP contribution >= 0.6 is 0 Å². The van der Waals surface area contributed by atoms with Gasteiger partial charge in [0.2, 0.25) is 0 Å². The number of rotatable bonds is 0. The van der Waals surface area contributed by atoms with Crippen molar-refractivity contribution in [2.75, 3.05) is 0 Å². The standard InChI is InChI=1S/C11H11N.2C2H6/c1-8-7-10-5-3-4-6-11(10)12-9(8)2;2*1-2/h3-7H,1-2H3;2*1-2H3. The molecule has 2 aromatic rings. The molecule has 0 aliphatic heterocycles. The third-order valence-corrected chi connectivity index (χ3v) is 2.17. The van der Waals surface area contributed by atoms with Crippen LogP contribution in [0.3, 0.4) is 0 Å². The molecule has 0 aliphatic carbocycles. The van der Waals surface area contributed by atoms with E-state index < -0.39 is 0 Å². The molecule has 0 amide bonds. The van der Waals surface area contributed by atoms with Crippen molar-refractivity contribution in [3.8, 4) is 0 Å². The molecular weight excluding hydrogens is 194 g/mol. The van der Waals surface area contributed by atoms with E-state index >= 15 is 0 Å². The van der Waals surface area contributed by atoms with Gasteiger partial charge in [0.1, 0.15) is 0 Å². The summed E-state index contributed by atoms with van der Waals surface area (Å²) in [6, 6.07) is 10.4. The fraction of sp³-hybridized carbons (Fsp3) is 0.400. The monoisotopic (exact) mass is 217 g/mol. The van der Waals surface area contributed by atoms with Crippen LogP contribution in [0.25, 0.3) is 10.9 Å². The Balaban J connectivity index is 0.000000509. The van der Waals surface area contributed by atoms with Crippen LogP contribution in [0.4, 0.5) is 0 Å². The second-order valence-electron chi connectivity index (χ2n) is 3.08. The maximum absolute atomic E-state index is 4.48. The lowest BCUT2D eigenvalue weighted by atomic mass is 10.1. The molecule has 0 saturated carbocycles. The van der Waals surface area contributed by atoms with E-state index in [1.165, 1.54) is 10.9 Å². The van der Waals surface area contributed by atoms with Gasteiger partial charge >= 0.3 is 0 Å². The molecule has 1 aromatic carbocycles. The lowest BCUT2D eigenvalue weighted by Gasteiger charge is -2.01. The normalized spacial score (nSPS) is 8.62. The lowest BCUT2D eigenvalue weighted by Crippen LogP contribution is -1.87. The molecule has 0 unspecified atom stereocenters.